The van der Waals surface area contributed by atoms with Gasteiger partial charge in [-0.2, -0.15) is 0 Å². The van der Waals surface area contributed by atoms with Gasteiger partial charge in [-0.25, -0.2) is 4.98 Å². The minimum absolute atomic E-state index is 0.534. The maximum absolute atomic E-state index is 5.96. The molecular formula is C10H9Cl3N2. The van der Waals surface area contributed by atoms with Crippen molar-refractivity contribution in [2.24, 2.45) is 0 Å². The molecule has 1 N–H and O–H groups in total. The number of hydrogen-bond donors (Lipinski definition) is 1. The molecule has 0 fully saturated rings. The smallest absolute Gasteiger partial charge is 0.172 e. The topological polar surface area (TPSA) is 28.7 Å². The molecule has 0 bridgehead atoms. The van der Waals surface area contributed by atoms with Gasteiger partial charge in [0.15, 0.2) is 4.33 Å². The van der Waals surface area contributed by atoms with E-state index < -0.39 is 4.33 Å². The maximum Gasteiger partial charge on any atom is 0.172 e. The fraction of sp³-hybridized carbons (Fsp3) is 0.300. The molecule has 15 heavy (non-hydrogen) atoms. The second-order valence-corrected chi connectivity index (χ2v) is 5.73. The van der Waals surface area contributed by atoms with Gasteiger partial charge in [0, 0.05) is 5.02 Å². The molecule has 0 spiro atoms. The summed E-state index contributed by atoms with van der Waals surface area (Å²) >= 11 is 17.9. The van der Waals surface area contributed by atoms with E-state index in [4.69, 9.17) is 34.8 Å². The molecule has 2 aromatic rings. The number of hydrogen-bond acceptors (Lipinski definition) is 1. The van der Waals surface area contributed by atoms with Gasteiger partial charge in [-0.3, -0.25) is 0 Å². The first-order valence-electron chi connectivity index (χ1n) is 4.42. The summed E-state index contributed by atoms with van der Waals surface area (Å²) in [7, 11) is 0. The van der Waals surface area contributed by atoms with Crippen LogP contribution in [-0.4, -0.2) is 9.97 Å². The molecule has 5 heteroatoms. The van der Waals surface area contributed by atoms with Gasteiger partial charge in [0.25, 0.3) is 0 Å². The van der Waals surface area contributed by atoms with E-state index in [2.05, 4.69) is 9.97 Å². The van der Waals surface area contributed by atoms with Crippen molar-refractivity contribution < 1.29 is 0 Å². The van der Waals surface area contributed by atoms with Crippen LogP contribution in [-0.2, 0) is 4.33 Å². The van der Waals surface area contributed by atoms with Crippen LogP contribution in [0.25, 0.3) is 11.0 Å². The molecule has 2 rings (SSSR count). The minimum atomic E-state index is -1.02. The predicted octanol–water partition coefficient (Wildman–Crippen LogP) is 4.18. The van der Waals surface area contributed by atoms with E-state index in [1.165, 1.54) is 0 Å². The number of halogens is 3. The Morgan fingerprint density at radius 3 is 2.60 bits per heavy atom. The molecular weight excluding hydrogens is 254 g/mol. The lowest BCUT2D eigenvalue weighted by molar-refractivity contribution is 0.880. The van der Waals surface area contributed by atoms with Crippen molar-refractivity contribution in [1.82, 2.24) is 9.97 Å². The van der Waals surface area contributed by atoms with Crippen LogP contribution in [0.5, 0.6) is 0 Å². The van der Waals surface area contributed by atoms with Crippen molar-refractivity contribution >= 4 is 45.8 Å². The van der Waals surface area contributed by atoms with Gasteiger partial charge in [-0.1, -0.05) is 34.8 Å². The number of rotatable bonds is 1. The van der Waals surface area contributed by atoms with Gasteiger partial charge in [0.2, 0.25) is 0 Å². The molecule has 0 saturated carbocycles. The zero-order valence-corrected chi connectivity index (χ0v) is 10.5. The second-order valence-electron chi connectivity index (χ2n) is 3.59. The Labute approximate surface area is 103 Å². The van der Waals surface area contributed by atoms with Gasteiger partial charge < -0.3 is 4.98 Å². The van der Waals surface area contributed by atoms with Crippen molar-refractivity contribution in [2.75, 3.05) is 0 Å². The van der Waals surface area contributed by atoms with Gasteiger partial charge in [0.1, 0.15) is 5.82 Å². The lowest BCUT2D eigenvalue weighted by Crippen LogP contribution is -2.05. The Hall–Kier alpha value is -0.440. The first kappa shape index (κ1) is 11.1. The van der Waals surface area contributed by atoms with E-state index in [9.17, 15) is 0 Å². The highest BCUT2D eigenvalue weighted by Gasteiger charge is 2.24. The van der Waals surface area contributed by atoms with Crippen LogP contribution in [0.2, 0.25) is 5.02 Å². The molecule has 0 aliphatic heterocycles. The zero-order chi connectivity index (χ0) is 11.2. The van der Waals surface area contributed by atoms with Crippen LogP contribution >= 0.6 is 34.8 Å². The van der Waals surface area contributed by atoms with Crippen molar-refractivity contribution in [3.63, 3.8) is 0 Å². The number of aromatic amines is 1. The molecule has 1 aromatic carbocycles. The number of benzene rings is 1. The standard InChI is InChI=1S/C10H9Cl3N2/c1-5-3-6(11)4-7-8(5)15-9(14-7)10(2,12)13/h3-4H,1-2H3,(H,14,15). The highest BCUT2D eigenvalue weighted by molar-refractivity contribution is 6.47. The molecule has 0 aliphatic carbocycles. The van der Waals surface area contributed by atoms with E-state index in [1.807, 2.05) is 13.0 Å². The van der Waals surface area contributed by atoms with Crippen molar-refractivity contribution in [1.29, 1.82) is 0 Å². The van der Waals surface area contributed by atoms with Crippen molar-refractivity contribution in [2.45, 2.75) is 18.2 Å². The Kier molecular flexibility index (Phi) is 2.61. The molecule has 0 aliphatic rings. The number of nitrogens with zero attached hydrogens (tertiary/aromatic N) is 1. The van der Waals surface area contributed by atoms with Crippen LogP contribution in [0, 0.1) is 6.92 Å². The SMILES string of the molecule is Cc1cc(Cl)cc2[nH]c(C(C)(Cl)Cl)nc12. The number of fused-ring (bicyclic) bond motifs is 1. The number of aryl methyl sites for hydroxylation is 1. The third-order valence-corrected chi connectivity index (χ3v) is 2.73. The Balaban J connectivity index is 2.71. The average Bonchev–Trinajstić information content (AvgIpc) is 2.46. The summed E-state index contributed by atoms with van der Waals surface area (Å²) in [6.07, 6.45) is 0. The third kappa shape index (κ3) is 2.07. The molecule has 2 nitrogen and oxygen atoms in total. The summed E-state index contributed by atoms with van der Waals surface area (Å²) in [5, 5.41) is 0.668. The van der Waals surface area contributed by atoms with E-state index in [0.29, 0.717) is 10.8 Å². The highest BCUT2D eigenvalue weighted by Crippen LogP contribution is 2.33. The number of aromatic nitrogens is 2. The van der Waals surface area contributed by atoms with E-state index in [0.717, 1.165) is 16.6 Å². The second kappa shape index (κ2) is 3.55. The van der Waals surface area contributed by atoms with Gasteiger partial charge in [-0.05, 0) is 31.5 Å². The predicted molar refractivity (Wildman–Crippen MR) is 64.9 cm³/mol. The van der Waals surface area contributed by atoms with E-state index in [-0.39, 0.29) is 0 Å². The van der Waals surface area contributed by atoms with Gasteiger partial charge in [-0.15, -0.1) is 0 Å². The van der Waals surface area contributed by atoms with Crippen molar-refractivity contribution in [3.8, 4) is 0 Å². The van der Waals surface area contributed by atoms with Gasteiger partial charge >= 0.3 is 0 Å². The van der Waals surface area contributed by atoms with Crippen LogP contribution in [0.15, 0.2) is 12.1 Å². The molecule has 1 heterocycles. The zero-order valence-electron chi connectivity index (χ0n) is 8.24. The normalized spacial score (nSPS) is 12.3. The quantitative estimate of drug-likeness (QED) is 0.769. The fourth-order valence-corrected chi connectivity index (χ4v) is 1.91. The summed E-state index contributed by atoms with van der Waals surface area (Å²) in [6, 6.07) is 3.66. The van der Waals surface area contributed by atoms with Gasteiger partial charge in [0.05, 0.1) is 11.0 Å². The van der Waals surface area contributed by atoms with Crippen LogP contribution in [0.4, 0.5) is 0 Å². The molecule has 80 valence electrons. The lowest BCUT2D eigenvalue weighted by Gasteiger charge is -2.07. The summed E-state index contributed by atoms with van der Waals surface area (Å²) in [4.78, 5) is 7.40. The molecule has 0 amide bonds. The lowest BCUT2D eigenvalue weighted by atomic mass is 10.2. The largest absolute Gasteiger partial charge is 0.339 e. The summed E-state index contributed by atoms with van der Waals surface area (Å²) in [5.74, 6) is 0.534. The molecule has 1 aromatic heterocycles. The molecule has 0 saturated heterocycles. The number of alkyl halides is 2. The first-order valence-corrected chi connectivity index (χ1v) is 5.55. The summed E-state index contributed by atoms with van der Waals surface area (Å²) < 4.78 is -1.02. The van der Waals surface area contributed by atoms with Crippen molar-refractivity contribution in [3.05, 3.63) is 28.5 Å². The highest BCUT2D eigenvalue weighted by atomic mass is 35.5. The Morgan fingerprint density at radius 2 is 2.00 bits per heavy atom. The van der Waals surface area contributed by atoms with Crippen LogP contribution in [0.1, 0.15) is 18.3 Å². The number of H-pyrrole nitrogens is 1. The summed E-state index contributed by atoms with van der Waals surface area (Å²) in [5.41, 5.74) is 2.70. The number of imidazole rings is 1. The average molecular weight is 264 g/mol. The minimum Gasteiger partial charge on any atom is -0.339 e. The monoisotopic (exact) mass is 262 g/mol. The maximum atomic E-state index is 5.96. The molecule has 0 unspecified atom stereocenters. The number of nitrogens with one attached hydrogen (secondary N) is 1. The van der Waals surface area contributed by atoms with Crippen LogP contribution in [0.3, 0.4) is 0 Å². The van der Waals surface area contributed by atoms with E-state index >= 15 is 0 Å². The third-order valence-electron chi connectivity index (χ3n) is 2.16. The molecule has 0 atom stereocenters. The first-order chi connectivity index (χ1) is 6.88. The Bertz CT molecular complexity index is 511. The molecule has 0 radical (unpaired) electrons. The van der Waals surface area contributed by atoms with E-state index in [1.54, 1.807) is 13.0 Å². The fourth-order valence-electron chi connectivity index (χ4n) is 1.45. The Morgan fingerprint density at radius 1 is 1.33 bits per heavy atom. The summed E-state index contributed by atoms with van der Waals surface area (Å²) in [6.45, 7) is 3.61. The van der Waals surface area contributed by atoms with Crippen LogP contribution < -0.4 is 0 Å².